The first-order chi connectivity index (χ1) is 14.5. The number of hydrogen-bond donors (Lipinski definition) is 1. The van der Waals surface area contributed by atoms with E-state index in [1.807, 2.05) is 20.8 Å². The van der Waals surface area contributed by atoms with Crippen LogP contribution in [-0.2, 0) is 31.5 Å². The Labute approximate surface area is 185 Å². The maximum Gasteiger partial charge on any atom is 0.307 e. The molecule has 0 saturated heterocycles. The molecule has 2 fully saturated rings. The molecule has 3 rings (SSSR count). The minimum Gasteiger partial charge on any atom is -0.460 e. The summed E-state index contributed by atoms with van der Waals surface area (Å²) < 4.78 is 35.9. The molecule has 0 radical (unpaired) electrons. The lowest BCUT2D eigenvalue weighted by Crippen LogP contribution is -2.86. The molecule has 31 heavy (non-hydrogen) atoms. The molecule has 2 aliphatic carbocycles. The first-order valence-corrected chi connectivity index (χ1v) is 13.4. The van der Waals surface area contributed by atoms with Gasteiger partial charge in [-0.25, -0.2) is 4.72 Å². The number of nitrogens with zero attached hydrogens (tertiary/aromatic N) is 2. The predicted octanol–water partition coefficient (Wildman–Crippen LogP) is 2.83. The van der Waals surface area contributed by atoms with Crippen LogP contribution < -0.4 is 4.72 Å². The molecular weight excluding hydrogens is 418 g/mol. The van der Waals surface area contributed by atoms with Gasteiger partial charge in [-0.3, -0.25) is 4.79 Å². The summed E-state index contributed by atoms with van der Waals surface area (Å²) in [5.41, 5.74) is -1.03. The molecule has 0 aromatic carbocycles. The van der Waals surface area contributed by atoms with Crippen LogP contribution in [0.4, 0.5) is 0 Å². The third-order valence-electron chi connectivity index (χ3n) is 6.58. The number of hydrogen-bond acceptors (Lipinski definition) is 7. The van der Waals surface area contributed by atoms with E-state index in [9.17, 15) is 13.2 Å². The number of sulfonamides is 1. The summed E-state index contributed by atoms with van der Waals surface area (Å²) in [6.07, 6.45) is 9.86. The van der Waals surface area contributed by atoms with Gasteiger partial charge in [0.2, 0.25) is 11.7 Å². The van der Waals surface area contributed by atoms with Gasteiger partial charge in [0.1, 0.15) is 5.60 Å². The Morgan fingerprint density at radius 3 is 2.58 bits per heavy atom. The van der Waals surface area contributed by atoms with E-state index in [0.29, 0.717) is 17.6 Å². The van der Waals surface area contributed by atoms with Crippen molar-refractivity contribution in [2.75, 3.05) is 5.75 Å². The molecule has 1 aromatic rings. The van der Waals surface area contributed by atoms with Gasteiger partial charge < -0.3 is 9.26 Å². The number of nitrogens with two attached hydrogens (primary N) is 1. The maximum absolute atomic E-state index is 12.6. The van der Waals surface area contributed by atoms with Gasteiger partial charge >= 0.3 is 5.97 Å². The highest BCUT2D eigenvalue weighted by Gasteiger charge is 2.60. The second-order valence-electron chi connectivity index (χ2n) is 10.2. The Hall–Kier alpha value is -1.48. The van der Waals surface area contributed by atoms with Crippen LogP contribution in [-0.4, -0.2) is 35.9 Å². The summed E-state index contributed by atoms with van der Waals surface area (Å²) in [7, 11) is -3.22. The van der Waals surface area contributed by atoms with E-state index in [1.165, 1.54) is 43.2 Å². The molecule has 0 aliphatic heterocycles. The molecule has 176 valence electrons. The third-order valence-corrected chi connectivity index (χ3v) is 8.06. The van der Waals surface area contributed by atoms with Crippen LogP contribution >= 0.6 is 0 Å². The van der Waals surface area contributed by atoms with E-state index in [1.54, 1.807) is 6.92 Å². The highest BCUT2D eigenvalue weighted by Crippen LogP contribution is 2.59. The summed E-state index contributed by atoms with van der Waals surface area (Å²) in [6.45, 7) is 7.29. The van der Waals surface area contributed by atoms with Crippen molar-refractivity contribution in [2.24, 2.45) is 11.8 Å². The van der Waals surface area contributed by atoms with Crippen molar-refractivity contribution in [1.82, 2.24) is 10.1 Å². The lowest BCUT2D eigenvalue weighted by Gasteiger charge is -2.23. The smallest absolute Gasteiger partial charge is 0.307 e. The van der Waals surface area contributed by atoms with Gasteiger partial charge in [0.05, 0.1) is 17.6 Å². The van der Waals surface area contributed by atoms with Crippen LogP contribution in [0.2, 0.25) is 0 Å². The number of rotatable bonds is 10. The van der Waals surface area contributed by atoms with Crippen LogP contribution in [0, 0.1) is 11.8 Å². The Kier molecular flexibility index (Phi) is 7.46. The van der Waals surface area contributed by atoms with Crippen molar-refractivity contribution < 1.29 is 27.2 Å². The van der Waals surface area contributed by atoms with Crippen LogP contribution in [0.5, 0.6) is 0 Å². The summed E-state index contributed by atoms with van der Waals surface area (Å²) in [6, 6.07) is 0. The monoisotopic (exact) mass is 456 g/mol. The van der Waals surface area contributed by atoms with Crippen molar-refractivity contribution in [3.63, 3.8) is 0 Å². The van der Waals surface area contributed by atoms with Gasteiger partial charge in [-0.05, 0) is 52.4 Å². The molecule has 1 heterocycles. The molecule has 2 N–H and O–H groups in total. The summed E-state index contributed by atoms with van der Waals surface area (Å²) in [5, 5.41) is 3.99. The fourth-order valence-corrected chi connectivity index (χ4v) is 5.36. The van der Waals surface area contributed by atoms with E-state index in [2.05, 4.69) is 10.1 Å². The summed E-state index contributed by atoms with van der Waals surface area (Å²) in [4.78, 5) is 17.1. The molecule has 0 spiro atoms. The number of quaternary nitrogens is 1. The SMILES string of the molecule is CCS(=O)(=O)[NH2+]Cc1noc(C2(CC(=O)OC(C)(C)C)CC2CCC2CCCCC2)n1. The van der Waals surface area contributed by atoms with Crippen LogP contribution in [0.15, 0.2) is 4.52 Å². The average Bonchev–Trinajstić information content (AvgIpc) is 3.16. The van der Waals surface area contributed by atoms with Crippen molar-refractivity contribution in [2.45, 2.75) is 103 Å². The lowest BCUT2D eigenvalue weighted by atomic mass is 9.84. The van der Waals surface area contributed by atoms with Crippen molar-refractivity contribution in [1.29, 1.82) is 0 Å². The zero-order valence-electron chi connectivity index (χ0n) is 19.4. The van der Waals surface area contributed by atoms with E-state index in [-0.39, 0.29) is 24.7 Å². The second kappa shape index (κ2) is 9.57. The van der Waals surface area contributed by atoms with Crippen molar-refractivity contribution in [3.8, 4) is 0 Å². The Morgan fingerprint density at radius 1 is 1.23 bits per heavy atom. The molecule has 0 amide bonds. The van der Waals surface area contributed by atoms with Gasteiger partial charge in [0, 0.05) is 0 Å². The van der Waals surface area contributed by atoms with Gasteiger partial charge in [0.15, 0.2) is 6.54 Å². The maximum atomic E-state index is 12.6. The second-order valence-corrected chi connectivity index (χ2v) is 12.5. The molecule has 9 heteroatoms. The normalized spacial score (nSPS) is 24.8. The molecule has 2 unspecified atom stereocenters. The third kappa shape index (κ3) is 6.75. The van der Waals surface area contributed by atoms with E-state index in [4.69, 9.17) is 9.26 Å². The van der Waals surface area contributed by atoms with E-state index in [0.717, 1.165) is 18.8 Å². The number of carbonyl (C=O) groups excluding carboxylic acids is 1. The standard InChI is InChI=1S/C22H37N3O5S/c1-5-31(27,28)23-15-18-24-20(30-25-18)22(14-19(26)29-21(2,3)4)13-17(22)12-11-16-9-7-6-8-10-16/h16-17,23H,5-15H2,1-4H3/p+1. The fraction of sp³-hybridized carbons (Fsp3) is 0.864. The van der Waals surface area contributed by atoms with Crippen LogP contribution in [0.25, 0.3) is 0 Å². The summed E-state index contributed by atoms with van der Waals surface area (Å²) >= 11 is 0. The highest BCUT2D eigenvalue weighted by atomic mass is 32.2. The number of primary sulfonamides is 1. The number of carbonyl (C=O) groups is 1. The van der Waals surface area contributed by atoms with Gasteiger partial charge in [-0.2, -0.15) is 13.4 Å². The molecule has 2 saturated carbocycles. The Bertz CT molecular complexity index is 855. The largest absolute Gasteiger partial charge is 0.460 e. The minimum atomic E-state index is -3.22. The Balaban J connectivity index is 1.68. The quantitative estimate of drug-likeness (QED) is 0.538. The number of esters is 1. The minimum absolute atomic E-state index is 0.0452. The van der Waals surface area contributed by atoms with Gasteiger partial charge in [0.25, 0.3) is 10.0 Å². The number of ether oxygens (including phenoxy) is 1. The van der Waals surface area contributed by atoms with E-state index >= 15 is 0 Å². The zero-order chi connectivity index (χ0) is 22.7. The number of aromatic nitrogens is 2. The molecule has 2 atom stereocenters. The van der Waals surface area contributed by atoms with E-state index < -0.39 is 21.0 Å². The van der Waals surface area contributed by atoms with Crippen molar-refractivity contribution in [3.05, 3.63) is 11.7 Å². The van der Waals surface area contributed by atoms with Crippen molar-refractivity contribution >= 4 is 16.0 Å². The summed E-state index contributed by atoms with van der Waals surface area (Å²) in [5.74, 6) is 1.67. The fourth-order valence-electron chi connectivity index (χ4n) is 4.72. The predicted molar refractivity (Wildman–Crippen MR) is 115 cm³/mol. The van der Waals surface area contributed by atoms with Gasteiger partial charge in [-0.1, -0.05) is 43.7 Å². The lowest BCUT2D eigenvalue weighted by molar-refractivity contribution is -0.515. The molecule has 2 aliphatic rings. The molecule has 8 nitrogen and oxygen atoms in total. The average molecular weight is 457 g/mol. The van der Waals surface area contributed by atoms with Crippen LogP contribution in [0.1, 0.15) is 97.2 Å². The molecular formula is C22H38N3O5S+. The topological polar surface area (TPSA) is 116 Å². The highest BCUT2D eigenvalue weighted by molar-refractivity contribution is 7.84. The molecule has 1 aromatic heterocycles. The first-order valence-electron chi connectivity index (χ1n) is 11.6. The molecule has 0 bridgehead atoms. The Morgan fingerprint density at radius 2 is 1.94 bits per heavy atom. The van der Waals surface area contributed by atoms with Crippen LogP contribution in [0.3, 0.4) is 0 Å². The van der Waals surface area contributed by atoms with Gasteiger partial charge in [-0.15, -0.1) is 0 Å². The first kappa shape index (κ1) is 24.2. The zero-order valence-corrected chi connectivity index (χ0v) is 20.2.